The van der Waals surface area contributed by atoms with Gasteiger partial charge < -0.3 is 14.6 Å². The molecule has 0 saturated carbocycles. The van der Waals surface area contributed by atoms with Gasteiger partial charge in [-0.05, 0) is 45.2 Å². The highest BCUT2D eigenvalue weighted by atomic mass is 16.3. The standard InChI is InChI=1S/C26H32N2O2/c1-4-5-16-27(3)18-23(29)19-28-17-22(24-8-6-7-9-25(24)28)14-15-26(30)21-12-10-20(2)11-13-21/h6-15,17,23,29H,4-5,16,18-19H2,1-3H3/b15-14+. The van der Waals surface area contributed by atoms with Gasteiger partial charge >= 0.3 is 0 Å². The zero-order valence-electron chi connectivity index (χ0n) is 18.2. The van der Waals surface area contributed by atoms with Crippen LogP contribution in [0.15, 0.2) is 60.8 Å². The zero-order chi connectivity index (χ0) is 21.5. The van der Waals surface area contributed by atoms with E-state index in [-0.39, 0.29) is 5.78 Å². The van der Waals surface area contributed by atoms with E-state index in [4.69, 9.17) is 0 Å². The van der Waals surface area contributed by atoms with Gasteiger partial charge in [-0.25, -0.2) is 0 Å². The normalized spacial score (nSPS) is 12.8. The number of carbonyl (C=O) groups is 1. The van der Waals surface area contributed by atoms with Crippen LogP contribution in [0.5, 0.6) is 0 Å². The molecule has 0 aliphatic rings. The molecule has 1 unspecified atom stereocenters. The highest BCUT2D eigenvalue weighted by Crippen LogP contribution is 2.23. The summed E-state index contributed by atoms with van der Waals surface area (Å²) >= 11 is 0. The molecule has 2 aromatic carbocycles. The average Bonchev–Trinajstić information content (AvgIpc) is 3.08. The molecule has 0 aliphatic heterocycles. The van der Waals surface area contributed by atoms with Gasteiger partial charge in [0.1, 0.15) is 0 Å². The van der Waals surface area contributed by atoms with E-state index < -0.39 is 6.10 Å². The van der Waals surface area contributed by atoms with Crippen molar-refractivity contribution in [3.8, 4) is 0 Å². The number of aryl methyl sites for hydroxylation is 1. The lowest BCUT2D eigenvalue weighted by Crippen LogP contribution is -2.32. The van der Waals surface area contributed by atoms with E-state index in [1.807, 2.05) is 55.6 Å². The molecule has 0 radical (unpaired) electrons. The highest BCUT2D eigenvalue weighted by molar-refractivity contribution is 6.07. The molecule has 0 spiro atoms. The van der Waals surface area contributed by atoms with Crippen molar-refractivity contribution in [2.24, 2.45) is 0 Å². The number of hydrogen-bond acceptors (Lipinski definition) is 3. The first-order valence-corrected chi connectivity index (χ1v) is 10.7. The van der Waals surface area contributed by atoms with Crippen molar-refractivity contribution in [3.05, 3.63) is 77.5 Å². The number of benzene rings is 2. The molecule has 30 heavy (non-hydrogen) atoms. The third kappa shape index (κ3) is 5.68. The number of aliphatic hydroxyl groups is 1. The van der Waals surface area contributed by atoms with Crippen LogP contribution in [0.2, 0.25) is 0 Å². The lowest BCUT2D eigenvalue weighted by atomic mass is 10.1. The Morgan fingerprint density at radius 1 is 1.17 bits per heavy atom. The number of nitrogens with zero attached hydrogens (tertiary/aromatic N) is 2. The molecule has 158 valence electrons. The lowest BCUT2D eigenvalue weighted by molar-refractivity contribution is 0.104. The number of rotatable bonds is 10. The Balaban J connectivity index is 1.76. The molecule has 1 aromatic heterocycles. The molecular formula is C26H32N2O2. The van der Waals surface area contributed by atoms with Gasteiger partial charge in [0, 0.05) is 41.3 Å². The number of para-hydroxylation sites is 1. The Labute approximate surface area is 179 Å². The van der Waals surface area contributed by atoms with Gasteiger partial charge in [-0.3, -0.25) is 4.79 Å². The SMILES string of the molecule is CCCCN(C)CC(O)Cn1cc(/C=C/C(=O)c2ccc(C)cc2)c2ccccc21. The van der Waals surface area contributed by atoms with Crippen molar-refractivity contribution >= 4 is 22.8 Å². The van der Waals surface area contributed by atoms with E-state index >= 15 is 0 Å². The summed E-state index contributed by atoms with van der Waals surface area (Å²) in [6.07, 6.45) is 7.37. The maximum Gasteiger partial charge on any atom is 0.185 e. The van der Waals surface area contributed by atoms with Gasteiger partial charge in [0.05, 0.1) is 6.10 Å². The van der Waals surface area contributed by atoms with E-state index in [1.165, 1.54) is 0 Å². The van der Waals surface area contributed by atoms with E-state index in [1.54, 1.807) is 6.08 Å². The monoisotopic (exact) mass is 404 g/mol. The third-order valence-corrected chi connectivity index (χ3v) is 5.39. The Hall–Kier alpha value is -2.69. The van der Waals surface area contributed by atoms with Crippen LogP contribution in [0, 0.1) is 6.92 Å². The number of aliphatic hydroxyl groups excluding tert-OH is 1. The summed E-state index contributed by atoms with van der Waals surface area (Å²) in [5.41, 5.74) is 3.87. The molecule has 0 saturated heterocycles. The van der Waals surface area contributed by atoms with Gasteiger partial charge in [-0.2, -0.15) is 0 Å². The Morgan fingerprint density at radius 2 is 1.90 bits per heavy atom. The molecule has 0 fully saturated rings. The van der Waals surface area contributed by atoms with Crippen LogP contribution in [0.4, 0.5) is 0 Å². The minimum atomic E-state index is -0.450. The number of ketones is 1. The fourth-order valence-electron chi connectivity index (χ4n) is 3.70. The van der Waals surface area contributed by atoms with Gasteiger partial charge in [-0.15, -0.1) is 0 Å². The lowest BCUT2D eigenvalue weighted by Gasteiger charge is -2.21. The largest absolute Gasteiger partial charge is 0.390 e. The van der Waals surface area contributed by atoms with Crippen LogP contribution in [-0.2, 0) is 6.54 Å². The van der Waals surface area contributed by atoms with Crippen molar-refractivity contribution in [2.45, 2.75) is 39.3 Å². The first-order valence-electron chi connectivity index (χ1n) is 10.7. The van der Waals surface area contributed by atoms with E-state index in [2.05, 4.69) is 35.6 Å². The van der Waals surface area contributed by atoms with Gasteiger partial charge in [0.25, 0.3) is 0 Å². The van der Waals surface area contributed by atoms with Crippen molar-refractivity contribution in [1.82, 2.24) is 9.47 Å². The van der Waals surface area contributed by atoms with Crippen LogP contribution in [0.3, 0.4) is 0 Å². The predicted molar refractivity (Wildman–Crippen MR) is 125 cm³/mol. The highest BCUT2D eigenvalue weighted by Gasteiger charge is 2.13. The minimum Gasteiger partial charge on any atom is -0.390 e. The molecule has 0 amide bonds. The quantitative estimate of drug-likeness (QED) is 0.385. The summed E-state index contributed by atoms with van der Waals surface area (Å²) in [6, 6.07) is 15.7. The number of aromatic nitrogens is 1. The maximum atomic E-state index is 12.5. The summed E-state index contributed by atoms with van der Waals surface area (Å²) < 4.78 is 2.09. The van der Waals surface area contributed by atoms with Crippen LogP contribution in [-0.4, -0.2) is 46.6 Å². The first kappa shape index (κ1) is 22.0. The van der Waals surface area contributed by atoms with E-state index in [0.29, 0.717) is 18.7 Å². The van der Waals surface area contributed by atoms with Crippen LogP contribution in [0.1, 0.15) is 41.3 Å². The summed E-state index contributed by atoms with van der Waals surface area (Å²) in [7, 11) is 2.05. The number of hydrogen-bond donors (Lipinski definition) is 1. The Kier molecular flexibility index (Phi) is 7.61. The van der Waals surface area contributed by atoms with Crippen molar-refractivity contribution in [3.63, 3.8) is 0 Å². The smallest absolute Gasteiger partial charge is 0.185 e. The average molecular weight is 405 g/mol. The van der Waals surface area contributed by atoms with Crippen LogP contribution >= 0.6 is 0 Å². The van der Waals surface area contributed by atoms with Crippen molar-refractivity contribution < 1.29 is 9.90 Å². The molecule has 1 atom stereocenters. The molecule has 1 N–H and O–H groups in total. The molecular weight excluding hydrogens is 372 g/mol. The van der Waals surface area contributed by atoms with Gasteiger partial charge in [-0.1, -0.05) is 61.4 Å². The molecule has 1 heterocycles. The number of allylic oxidation sites excluding steroid dienone is 1. The number of unbranched alkanes of at least 4 members (excludes halogenated alkanes) is 1. The summed E-state index contributed by atoms with van der Waals surface area (Å²) in [4.78, 5) is 14.7. The number of carbonyl (C=O) groups excluding carboxylic acids is 1. The molecule has 0 aliphatic carbocycles. The molecule has 0 bridgehead atoms. The summed E-state index contributed by atoms with van der Waals surface area (Å²) in [5, 5.41) is 11.7. The Morgan fingerprint density at radius 3 is 2.63 bits per heavy atom. The maximum absolute atomic E-state index is 12.5. The van der Waals surface area contributed by atoms with E-state index in [9.17, 15) is 9.90 Å². The van der Waals surface area contributed by atoms with Crippen LogP contribution in [0.25, 0.3) is 17.0 Å². The van der Waals surface area contributed by atoms with Crippen LogP contribution < -0.4 is 0 Å². The Bertz CT molecular complexity index is 1000. The second-order valence-electron chi connectivity index (χ2n) is 8.09. The second-order valence-corrected chi connectivity index (χ2v) is 8.09. The molecule has 4 nitrogen and oxygen atoms in total. The summed E-state index contributed by atoms with van der Waals surface area (Å²) in [6.45, 7) is 6.35. The van der Waals surface area contributed by atoms with Crippen molar-refractivity contribution in [1.29, 1.82) is 0 Å². The second kappa shape index (κ2) is 10.4. The first-order chi connectivity index (χ1) is 14.5. The summed E-state index contributed by atoms with van der Waals surface area (Å²) in [5.74, 6) is -0.00980. The molecule has 3 aromatic rings. The molecule has 3 rings (SSSR count). The van der Waals surface area contributed by atoms with Gasteiger partial charge in [0.2, 0.25) is 0 Å². The third-order valence-electron chi connectivity index (χ3n) is 5.39. The van der Waals surface area contributed by atoms with Crippen molar-refractivity contribution in [2.75, 3.05) is 20.1 Å². The topological polar surface area (TPSA) is 45.5 Å². The fraction of sp³-hybridized carbons (Fsp3) is 0.346. The zero-order valence-corrected chi connectivity index (χ0v) is 18.2. The minimum absolute atomic E-state index is 0.00980. The number of fused-ring (bicyclic) bond motifs is 1. The number of likely N-dealkylation sites (N-methyl/N-ethyl adjacent to an activating group) is 1. The van der Waals surface area contributed by atoms with Gasteiger partial charge in [0.15, 0.2) is 5.78 Å². The molecule has 4 heteroatoms. The van der Waals surface area contributed by atoms with E-state index in [0.717, 1.165) is 41.4 Å². The fourth-order valence-corrected chi connectivity index (χ4v) is 3.70. The predicted octanol–water partition coefficient (Wildman–Crippen LogP) is 4.94.